The maximum absolute atomic E-state index is 14.8. The highest BCUT2D eigenvalue weighted by Gasteiger charge is 2.71. The fraction of sp³-hybridized carbons (Fsp3) is 0.698. The molecule has 0 saturated heterocycles. The summed E-state index contributed by atoms with van der Waals surface area (Å²) in [4.78, 5) is 38.9. The smallest absolute Gasteiger partial charge is 0.309 e. The first-order valence-corrected chi connectivity index (χ1v) is 19.5. The Balaban J connectivity index is 1.21. The number of fused-ring (bicyclic) bond motifs is 7. The van der Waals surface area contributed by atoms with Crippen molar-refractivity contribution in [2.24, 2.45) is 50.7 Å². The molecule has 4 saturated carbocycles. The van der Waals surface area contributed by atoms with Crippen LogP contribution in [0.15, 0.2) is 39.8 Å². The van der Waals surface area contributed by atoms with Gasteiger partial charge in [-0.1, -0.05) is 60.6 Å². The van der Waals surface area contributed by atoms with E-state index < -0.39 is 28.6 Å². The Labute approximate surface area is 307 Å². The maximum atomic E-state index is 14.8. The molecule has 4 fully saturated rings. The summed E-state index contributed by atoms with van der Waals surface area (Å²) >= 11 is 0. The van der Waals surface area contributed by atoms with Crippen LogP contribution in [0, 0.1) is 56.6 Å². The number of halogens is 1. The Bertz CT molecular complexity index is 1840. The van der Waals surface area contributed by atoms with Crippen LogP contribution in [0.4, 0.5) is 4.39 Å². The Morgan fingerprint density at radius 2 is 1.67 bits per heavy atom. The average Bonchev–Trinajstić information content (AvgIpc) is 3.66. The van der Waals surface area contributed by atoms with Gasteiger partial charge in [0.05, 0.1) is 22.8 Å². The molecule has 8 nitrogen and oxygen atoms in total. The Hall–Kier alpha value is -3.36. The summed E-state index contributed by atoms with van der Waals surface area (Å²) in [5.41, 5.74) is 0.246. The topological polar surface area (TPSA) is 120 Å². The van der Waals surface area contributed by atoms with Crippen molar-refractivity contribution in [2.45, 2.75) is 138 Å². The van der Waals surface area contributed by atoms with Crippen LogP contribution >= 0.6 is 0 Å². The fourth-order valence-electron chi connectivity index (χ4n) is 12.9. The lowest BCUT2D eigenvalue weighted by Gasteiger charge is -2.72. The summed E-state index contributed by atoms with van der Waals surface area (Å²) in [6, 6.07) is 6.43. The van der Waals surface area contributed by atoms with E-state index >= 15 is 0 Å². The number of esters is 1. The number of ether oxygens (including phenoxy) is 1. The van der Waals surface area contributed by atoms with Crippen LogP contribution in [0.2, 0.25) is 0 Å². The second-order valence-corrected chi connectivity index (χ2v) is 19.4. The zero-order valence-electron chi connectivity index (χ0n) is 32.5. The van der Waals surface area contributed by atoms with Gasteiger partial charge in [-0.15, -0.1) is 10.2 Å². The molecule has 8 atom stereocenters. The first-order chi connectivity index (χ1) is 24.2. The molecule has 5 aliphatic rings. The number of hydrogen-bond donors (Lipinski definition) is 1. The number of ketones is 1. The molecule has 1 heterocycles. The molecule has 282 valence electrons. The lowest BCUT2D eigenvalue weighted by atomic mass is 9.33. The van der Waals surface area contributed by atoms with E-state index in [9.17, 15) is 23.9 Å². The van der Waals surface area contributed by atoms with E-state index in [0.29, 0.717) is 24.1 Å². The zero-order valence-corrected chi connectivity index (χ0v) is 32.5. The number of nitrogens with zero attached hydrogens (tertiary/aromatic N) is 2. The summed E-state index contributed by atoms with van der Waals surface area (Å²) < 4.78 is 27.4. The van der Waals surface area contributed by atoms with Crippen molar-refractivity contribution in [2.75, 3.05) is 0 Å². The lowest BCUT2D eigenvalue weighted by molar-refractivity contribution is -0.232. The van der Waals surface area contributed by atoms with Gasteiger partial charge >= 0.3 is 11.9 Å². The van der Waals surface area contributed by atoms with Gasteiger partial charge in [0.25, 0.3) is 5.89 Å². The third kappa shape index (κ3) is 5.13. The number of carbonyl (C=O) groups excluding carboxylic acids is 2. The number of rotatable bonds is 7. The largest absolute Gasteiger partial charge is 0.481 e. The van der Waals surface area contributed by atoms with Crippen LogP contribution < -0.4 is 0 Å². The number of carboxylic acids is 1. The van der Waals surface area contributed by atoms with Crippen molar-refractivity contribution in [3.63, 3.8) is 0 Å². The molecule has 0 amide bonds. The number of Topliss-reactive ketones (excluding diaryl/α,β-unsaturated/α-hetero) is 1. The van der Waals surface area contributed by atoms with Gasteiger partial charge < -0.3 is 14.3 Å². The number of benzene rings is 1. The maximum Gasteiger partial charge on any atom is 0.309 e. The Morgan fingerprint density at radius 1 is 0.962 bits per heavy atom. The molecule has 0 aliphatic heterocycles. The number of aliphatic carboxylic acids is 1. The fourth-order valence-corrected chi connectivity index (χ4v) is 12.9. The summed E-state index contributed by atoms with van der Waals surface area (Å²) in [6.45, 7) is 19.4. The molecule has 1 N–H and O–H groups in total. The van der Waals surface area contributed by atoms with E-state index in [1.54, 1.807) is 32.0 Å². The van der Waals surface area contributed by atoms with Crippen molar-refractivity contribution in [3.05, 3.63) is 47.1 Å². The van der Waals surface area contributed by atoms with E-state index in [0.717, 1.165) is 56.9 Å². The predicted molar refractivity (Wildman–Crippen MR) is 194 cm³/mol. The molecule has 1 aromatic carbocycles. The van der Waals surface area contributed by atoms with Gasteiger partial charge in [0, 0.05) is 11.8 Å². The van der Waals surface area contributed by atoms with E-state index in [-0.39, 0.29) is 63.3 Å². The second kappa shape index (κ2) is 12.1. The Morgan fingerprint density at radius 3 is 2.35 bits per heavy atom. The van der Waals surface area contributed by atoms with Crippen molar-refractivity contribution in [1.82, 2.24) is 10.2 Å². The van der Waals surface area contributed by atoms with Crippen molar-refractivity contribution in [3.8, 4) is 11.5 Å². The van der Waals surface area contributed by atoms with Gasteiger partial charge in [-0.2, -0.15) is 0 Å². The first kappa shape index (κ1) is 37.0. The van der Waals surface area contributed by atoms with Crippen molar-refractivity contribution >= 4 is 17.7 Å². The van der Waals surface area contributed by atoms with E-state index in [1.807, 2.05) is 0 Å². The molecular formula is C43H57FN2O6. The molecular weight excluding hydrogens is 659 g/mol. The second-order valence-electron chi connectivity index (χ2n) is 19.4. The summed E-state index contributed by atoms with van der Waals surface area (Å²) in [5, 5.41) is 18.5. The Kier molecular flexibility index (Phi) is 8.59. The molecule has 0 spiro atoms. The van der Waals surface area contributed by atoms with Gasteiger partial charge in [-0.3, -0.25) is 14.4 Å². The third-order valence-corrected chi connectivity index (χ3v) is 15.7. The highest BCUT2D eigenvalue weighted by molar-refractivity contribution is 6.01. The lowest BCUT2D eigenvalue weighted by Crippen LogP contribution is -2.66. The van der Waals surface area contributed by atoms with E-state index in [1.165, 1.54) is 11.6 Å². The number of aromatic nitrogens is 2. The molecule has 52 heavy (non-hydrogen) atoms. The van der Waals surface area contributed by atoms with Crippen LogP contribution in [-0.2, 0) is 24.5 Å². The quantitative estimate of drug-likeness (QED) is 0.282. The third-order valence-electron chi connectivity index (χ3n) is 15.7. The highest BCUT2D eigenvalue weighted by Crippen LogP contribution is 2.76. The highest BCUT2D eigenvalue weighted by atomic mass is 19.1. The van der Waals surface area contributed by atoms with Crippen LogP contribution in [0.3, 0.4) is 0 Å². The number of carbonyl (C=O) groups is 3. The van der Waals surface area contributed by atoms with E-state index in [4.69, 9.17) is 9.15 Å². The van der Waals surface area contributed by atoms with Crippen molar-refractivity contribution < 1.29 is 33.0 Å². The van der Waals surface area contributed by atoms with Crippen molar-refractivity contribution in [1.29, 1.82) is 0 Å². The normalized spacial score (nSPS) is 36.9. The molecule has 5 aliphatic carbocycles. The minimum atomic E-state index is -1.18. The van der Waals surface area contributed by atoms with Crippen LogP contribution in [0.5, 0.6) is 0 Å². The molecule has 0 radical (unpaired) electrons. The monoisotopic (exact) mass is 716 g/mol. The van der Waals surface area contributed by atoms with E-state index in [2.05, 4.69) is 58.7 Å². The first-order valence-electron chi connectivity index (χ1n) is 19.5. The molecule has 1 aromatic heterocycles. The summed E-state index contributed by atoms with van der Waals surface area (Å²) in [7, 11) is 0. The molecule has 7 rings (SSSR count). The predicted octanol–water partition coefficient (Wildman–Crippen LogP) is 9.52. The molecule has 9 heteroatoms. The number of carboxylic acid groups (broad SMARTS) is 1. The minimum absolute atomic E-state index is 0.00628. The van der Waals surface area contributed by atoms with Crippen LogP contribution in [0.1, 0.15) is 132 Å². The van der Waals surface area contributed by atoms with Crippen LogP contribution in [-0.4, -0.2) is 39.1 Å². The van der Waals surface area contributed by atoms with Gasteiger partial charge in [-0.05, 0) is 128 Å². The number of hydrogen-bond acceptors (Lipinski definition) is 7. The number of allylic oxidation sites excluding steroid dienone is 2. The average molecular weight is 717 g/mol. The van der Waals surface area contributed by atoms with Gasteiger partial charge in [0.15, 0.2) is 5.78 Å². The van der Waals surface area contributed by atoms with Gasteiger partial charge in [-0.25, -0.2) is 4.39 Å². The zero-order chi connectivity index (χ0) is 37.8. The SMILES string of the molecule is CC(C)C1=C2[C@H]3CC[C@@H]4[C@@]5(C)CC[C@H](OC(=O)CC(C)(C)C(=O)O)C(C)(C)[C@@H]5CC[C@@]4(C)[C@]3(C)CC[C@@]2(c2nnc(-c3ccccc3F)o2)CC1=O. The molecule has 2 aromatic rings. The van der Waals surface area contributed by atoms with Gasteiger partial charge in [0.2, 0.25) is 5.89 Å². The van der Waals surface area contributed by atoms with Crippen LogP contribution in [0.25, 0.3) is 11.5 Å². The summed E-state index contributed by atoms with van der Waals surface area (Å²) in [5.74, 6) is -0.0659. The standard InChI is InChI=1S/C43H57FN2O6/c1-24(2)33-28(47)22-43(36-46-45-35(52-36)25-12-10-11-13-27(25)44)21-20-41(8)26(34(33)43)14-15-30-40(7)18-17-31(51-32(48)23-38(3,4)37(49)50)39(5,6)29(40)16-19-42(30,41)9/h10-13,24,26,29-31H,14-23H2,1-9H3,(H,49,50)/t26-,29+,30-,31+,40+,41-,42-,43-/m1/s1. The molecule has 0 bridgehead atoms. The van der Waals surface area contributed by atoms with Gasteiger partial charge in [0.1, 0.15) is 11.9 Å². The minimum Gasteiger partial charge on any atom is -0.481 e. The molecule has 0 unspecified atom stereocenters. The summed E-state index contributed by atoms with van der Waals surface area (Å²) in [6.07, 6.45) is 7.34.